The maximum Gasteiger partial charge on any atom is 0.332 e. The van der Waals surface area contributed by atoms with E-state index in [0.29, 0.717) is 19.0 Å². The third-order valence-corrected chi connectivity index (χ3v) is 6.71. The van der Waals surface area contributed by atoms with Crippen LogP contribution in [0, 0.1) is 5.92 Å². The zero-order valence-electron chi connectivity index (χ0n) is 19.4. The Morgan fingerprint density at radius 3 is 2.21 bits per heavy atom. The summed E-state index contributed by atoms with van der Waals surface area (Å²) in [7, 11) is 1.53. The highest BCUT2D eigenvalue weighted by atomic mass is 16.2. The van der Waals surface area contributed by atoms with Crippen LogP contribution in [0.4, 0.5) is 0 Å². The predicted octanol–water partition coefficient (Wildman–Crippen LogP) is 2.00. The number of hydrogen-bond donors (Lipinski definition) is 0. The molecule has 8 heteroatoms. The maximum atomic E-state index is 13.5. The number of nitrogens with zero attached hydrogens (tertiary/aromatic N) is 4. The zero-order chi connectivity index (χ0) is 23.7. The minimum absolute atomic E-state index is 0.0870. The third kappa shape index (κ3) is 4.05. The van der Waals surface area contributed by atoms with Gasteiger partial charge in [0.2, 0.25) is 0 Å². The molecule has 3 heterocycles. The van der Waals surface area contributed by atoms with E-state index in [4.69, 9.17) is 0 Å². The molecule has 1 aliphatic rings. The Balaban J connectivity index is 1.71. The standard InChI is InChI=1S/C25H30N4O4/c1-4-28-20(30)16-19(21-22(28)26(3)25(33)29(5-2)24(21)32)23(31)27-13-11-18(12-14-27)15-17-9-7-6-8-10-17/h6-10,16,18H,4-5,11-15H2,1-3H3. The van der Waals surface area contributed by atoms with Crippen LogP contribution in [-0.2, 0) is 26.6 Å². The van der Waals surface area contributed by atoms with E-state index >= 15 is 0 Å². The van der Waals surface area contributed by atoms with Crippen LogP contribution in [0.5, 0.6) is 0 Å². The van der Waals surface area contributed by atoms with Crippen LogP contribution in [0.3, 0.4) is 0 Å². The number of hydrogen-bond acceptors (Lipinski definition) is 4. The van der Waals surface area contributed by atoms with Crippen LogP contribution in [0.15, 0.2) is 50.8 Å². The van der Waals surface area contributed by atoms with Gasteiger partial charge in [0.1, 0.15) is 5.65 Å². The van der Waals surface area contributed by atoms with Crippen molar-refractivity contribution in [3.05, 3.63) is 78.7 Å². The second kappa shape index (κ2) is 9.21. The van der Waals surface area contributed by atoms with Crippen LogP contribution >= 0.6 is 0 Å². The van der Waals surface area contributed by atoms with E-state index in [9.17, 15) is 19.2 Å². The molecule has 0 aliphatic carbocycles. The largest absolute Gasteiger partial charge is 0.339 e. The molecule has 0 unspecified atom stereocenters. The lowest BCUT2D eigenvalue weighted by Crippen LogP contribution is -2.44. The van der Waals surface area contributed by atoms with Crippen molar-refractivity contribution in [3.63, 3.8) is 0 Å². The Hall–Kier alpha value is -3.42. The molecule has 33 heavy (non-hydrogen) atoms. The second-order valence-electron chi connectivity index (χ2n) is 8.66. The second-order valence-corrected chi connectivity index (χ2v) is 8.66. The first-order chi connectivity index (χ1) is 15.9. The average Bonchev–Trinajstić information content (AvgIpc) is 2.83. The Kier molecular flexibility index (Phi) is 6.35. The fraction of sp³-hybridized carbons (Fsp3) is 0.440. The molecule has 1 aromatic carbocycles. The van der Waals surface area contributed by atoms with Crippen molar-refractivity contribution in [2.45, 2.75) is 46.2 Å². The van der Waals surface area contributed by atoms with Gasteiger partial charge in [0.05, 0.1) is 10.9 Å². The van der Waals surface area contributed by atoms with Gasteiger partial charge in [0.15, 0.2) is 0 Å². The minimum atomic E-state index is -0.528. The van der Waals surface area contributed by atoms with Gasteiger partial charge in [-0.2, -0.15) is 0 Å². The quantitative estimate of drug-likeness (QED) is 0.595. The van der Waals surface area contributed by atoms with Crippen molar-refractivity contribution in [2.75, 3.05) is 13.1 Å². The van der Waals surface area contributed by atoms with Gasteiger partial charge < -0.3 is 4.90 Å². The number of pyridine rings is 1. The van der Waals surface area contributed by atoms with Crippen LogP contribution in [0.1, 0.15) is 42.6 Å². The number of amides is 1. The average molecular weight is 451 g/mol. The first-order valence-electron chi connectivity index (χ1n) is 11.6. The number of benzene rings is 1. The lowest BCUT2D eigenvalue weighted by Gasteiger charge is -2.32. The van der Waals surface area contributed by atoms with Crippen molar-refractivity contribution in [1.29, 1.82) is 0 Å². The van der Waals surface area contributed by atoms with Gasteiger partial charge in [-0.05, 0) is 44.6 Å². The number of aromatic nitrogens is 3. The number of rotatable bonds is 5. The summed E-state index contributed by atoms with van der Waals surface area (Å²) in [6.07, 6.45) is 2.70. The van der Waals surface area contributed by atoms with Crippen molar-refractivity contribution in [3.8, 4) is 0 Å². The summed E-state index contributed by atoms with van der Waals surface area (Å²) >= 11 is 0. The summed E-state index contributed by atoms with van der Waals surface area (Å²) in [6, 6.07) is 11.6. The number of piperidine rings is 1. The topological polar surface area (TPSA) is 86.3 Å². The smallest absolute Gasteiger partial charge is 0.332 e. The minimum Gasteiger partial charge on any atom is -0.339 e. The highest BCUT2D eigenvalue weighted by molar-refractivity contribution is 6.05. The number of fused-ring (bicyclic) bond motifs is 1. The van der Waals surface area contributed by atoms with E-state index in [1.54, 1.807) is 18.7 Å². The van der Waals surface area contributed by atoms with Gasteiger partial charge in [-0.15, -0.1) is 0 Å². The summed E-state index contributed by atoms with van der Waals surface area (Å²) in [4.78, 5) is 54.0. The van der Waals surface area contributed by atoms with E-state index < -0.39 is 16.8 Å². The first-order valence-corrected chi connectivity index (χ1v) is 11.6. The van der Waals surface area contributed by atoms with Gasteiger partial charge in [-0.1, -0.05) is 30.3 Å². The highest BCUT2D eigenvalue weighted by Gasteiger charge is 2.28. The predicted molar refractivity (Wildman–Crippen MR) is 128 cm³/mol. The molecule has 1 amide bonds. The molecule has 1 fully saturated rings. The lowest BCUT2D eigenvalue weighted by atomic mass is 9.90. The molecule has 0 bridgehead atoms. The van der Waals surface area contributed by atoms with Crippen LogP contribution < -0.4 is 16.8 Å². The summed E-state index contributed by atoms with van der Waals surface area (Å²) in [6.45, 7) is 5.10. The first kappa shape index (κ1) is 22.8. The van der Waals surface area contributed by atoms with Gasteiger partial charge in [0.25, 0.3) is 17.0 Å². The van der Waals surface area contributed by atoms with Crippen molar-refractivity contribution in [1.82, 2.24) is 18.6 Å². The SMILES string of the molecule is CCn1c(=O)c2c(C(=O)N3CCC(Cc4ccccc4)CC3)cc(=O)n(CC)c2n(C)c1=O. The molecule has 0 atom stereocenters. The van der Waals surface area contributed by atoms with Gasteiger partial charge in [0, 0.05) is 39.3 Å². The van der Waals surface area contributed by atoms with E-state index in [0.717, 1.165) is 23.8 Å². The van der Waals surface area contributed by atoms with E-state index in [-0.39, 0.29) is 35.6 Å². The normalized spacial score (nSPS) is 14.7. The Morgan fingerprint density at radius 2 is 1.61 bits per heavy atom. The molecular formula is C25H30N4O4. The molecule has 0 spiro atoms. The lowest BCUT2D eigenvalue weighted by molar-refractivity contribution is 0.0692. The summed E-state index contributed by atoms with van der Waals surface area (Å²) in [5.41, 5.74) is 0.160. The number of aryl methyl sites for hydroxylation is 2. The number of carbonyl (C=O) groups excluding carboxylic acids is 1. The molecule has 0 saturated carbocycles. The van der Waals surface area contributed by atoms with Crippen LogP contribution in [-0.4, -0.2) is 37.6 Å². The molecule has 1 aliphatic heterocycles. The van der Waals surface area contributed by atoms with E-state index in [2.05, 4.69) is 12.1 Å². The molecule has 1 saturated heterocycles. The fourth-order valence-electron chi connectivity index (χ4n) is 4.90. The van der Waals surface area contributed by atoms with Gasteiger partial charge in [-0.3, -0.25) is 28.1 Å². The Labute approximate surface area is 191 Å². The van der Waals surface area contributed by atoms with Crippen LogP contribution in [0.25, 0.3) is 11.0 Å². The summed E-state index contributed by atoms with van der Waals surface area (Å²) in [5, 5.41) is 0.136. The zero-order valence-corrected chi connectivity index (χ0v) is 19.4. The number of carbonyl (C=O) groups is 1. The fourth-order valence-corrected chi connectivity index (χ4v) is 4.90. The van der Waals surface area contributed by atoms with Crippen molar-refractivity contribution < 1.29 is 4.79 Å². The summed E-state index contributed by atoms with van der Waals surface area (Å²) in [5.74, 6) is 0.163. The Morgan fingerprint density at radius 1 is 0.970 bits per heavy atom. The molecule has 4 rings (SSSR count). The molecular weight excluding hydrogens is 420 g/mol. The van der Waals surface area contributed by atoms with E-state index in [1.807, 2.05) is 18.2 Å². The van der Waals surface area contributed by atoms with Crippen molar-refractivity contribution >= 4 is 16.9 Å². The molecule has 0 N–H and O–H groups in total. The molecule has 8 nitrogen and oxygen atoms in total. The van der Waals surface area contributed by atoms with Gasteiger partial charge in [-0.25, -0.2) is 4.79 Å². The molecule has 3 aromatic rings. The van der Waals surface area contributed by atoms with E-state index in [1.165, 1.54) is 27.8 Å². The van der Waals surface area contributed by atoms with Gasteiger partial charge >= 0.3 is 5.69 Å². The molecule has 2 aromatic heterocycles. The Bertz CT molecular complexity index is 1360. The molecule has 0 radical (unpaired) electrons. The molecule has 174 valence electrons. The third-order valence-electron chi connectivity index (χ3n) is 6.71. The summed E-state index contributed by atoms with van der Waals surface area (Å²) < 4.78 is 3.78. The van der Waals surface area contributed by atoms with Crippen LogP contribution in [0.2, 0.25) is 0 Å². The number of likely N-dealkylation sites (tertiary alicyclic amines) is 1. The monoisotopic (exact) mass is 450 g/mol. The maximum absolute atomic E-state index is 13.5. The van der Waals surface area contributed by atoms with Crippen molar-refractivity contribution in [2.24, 2.45) is 13.0 Å². The highest BCUT2D eigenvalue weighted by Crippen LogP contribution is 2.24.